The van der Waals surface area contributed by atoms with Gasteiger partial charge in [0.2, 0.25) is 0 Å². The van der Waals surface area contributed by atoms with Crippen molar-refractivity contribution < 1.29 is 14.3 Å². The number of pyridine rings is 1. The summed E-state index contributed by atoms with van der Waals surface area (Å²) in [6.07, 6.45) is 2.35. The summed E-state index contributed by atoms with van der Waals surface area (Å²) in [5.74, 6) is -1.07. The summed E-state index contributed by atoms with van der Waals surface area (Å²) in [7, 11) is 0. The first-order chi connectivity index (χ1) is 9.56. The average molecular weight is 292 g/mol. The SMILES string of the molecule is O=C(NNC(=O)c1ccc[n+]([O-])c1)c1ccc(Cl)cc1. The molecule has 1 heterocycles. The molecule has 0 saturated heterocycles. The van der Waals surface area contributed by atoms with Crippen molar-refractivity contribution in [2.45, 2.75) is 0 Å². The maximum atomic E-state index is 11.7. The summed E-state index contributed by atoms with van der Waals surface area (Å²) in [5.41, 5.74) is 4.95. The van der Waals surface area contributed by atoms with Crippen LogP contribution in [0.5, 0.6) is 0 Å². The minimum absolute atomic E-state index is 0.138. The highest BCUT2D eigenvalue weighted by atomic mass is 35.5. The van der Waals surface area contributed by atoms with E-state index < -0.39 is 11.8 Å². The molecular weight excluding hydrogens is 282 g/mol. The van der Waals surface area contributed by atoms with Crippen LogP contribution in [0.15, 0.2) is 48.8 Å². The van der Waals surface area contributed by atoms with E-state index in [0.29, 0.717) is 15.3 Å². The van der Waals surface area contributed by atoms with Gasteiger partial charge in [0.25, 0.3) is 11.8 Å². The molecule has 0 aliphatic heterocycles. The lowest BCUT2D eigenvalue weighted by atomic mass is 10.2. The number of aromatic nitrogens is 1. The van der Waals surface area contributed by atoms with Crippen LogP contribution in [-0.4, -0.2) is 11.8 Å². The van der Waals surface area contributed by atoms with Crippen molar-refractivity contribution in [2.75, 3.05) is 0 Å². The number of nitrogens with zero attached hydrogens (tertiary/aromatic N) is 1. The number of carbonyl (C=O) groups is 2. The number of carbonyl (C=O) groups excluding carboxylic acids is 2. The fraction of sp³-hybridized carbons (Fsp3) is 0. The van der Waals surface area contributed by atoms with Gasteiger partial charge in [0, 0.05) is 16.7 Å². The minimum atomic E-state index is -0.586. The lowest BCUT2D eigenvalue weighted by Gasteiger charge is -2.07. The fourth-order valence-corrected chi connectivity index (χ4v) is 1.57. The van der Waals surface area contributed by atoms with E-state index in [2.05, 4.69) is 10.9 Å². The van der Waals surface area contributed by atoms with Gasteiger partial charge >= 0.3 is 0 Å². The van der Waals surface area contributed by atoms with Gasteiger partial charge < -0.3 is 5.21 Å². The lowest BCUT2D eigenvalue weighted by molar-refractivity contribution is -0.605. The highest BCUT2D eigenvalue weighted by Crippen LogP contribution is 2.09. The third-order valence-electron chi connectivity index (χ3n) is 2.43. The van der Waals surface area contributed by atoms with Gasteiger partial charge in [0.1, 0.15) is 5.56 Å². The van der Waals surface area contributed by atoms with Crippen LogP contribution >= 0.6 is 11.6 Å². The summed E-state index contributed by atoms with van der Waals surface area (Å²) >= 11 is 5.71. The standard InChI is InChI=1S/C13H10ClN3O3/c14-11-5-3-9(4-6-11)12(18)15-16-13(19)10-2-1-7-17(20)8-10/h1-8H,(H,15,18)(H,16,19). The van der Waals surface area contributed by atoms with Crippen molar-refractivity contribution in [1.82, 2.24) is 10.9 Å². The van der Waals surface area contributed by atoms with Crippen molar-refractivity contribution in [2.24, 2.45) is 0 Å². The Labute approximate surface area is 119 Å². The predicted octanol–water partition coefficient (Wildman–Crippen LogP) is 1.05. The number of hydrogen-bond donors (Lipinski definition) is 2. The van der Waals surface area contributed by atoms with E-state index in [-0.39, 0.29) is 5.56 Å². The molecule has 20 heavy (non-hydrogen) atoms. The third kappa shape index (κ3) is 3.46. The van der Waals surface area contributed by atoms with Gasteiger partial charge in [-0.1, -0.05) is 11.6 Å². The van der Waals surface area contributed by atoms with Crippen LogP contribution in [-0.2, 0) is 0 Å². The van der Waals surface area contributed by atoms with Gasteiger partial charge in [-0.15, -0.1) is 0 Å². The molecule has 0 unspecified atom stereocenters. The molecule has 2 N–H and O–H groups in total. The van der Waals surface area contributed by atoms with E-state index in [1.807, 2.05) is 0 Å². The molecule has 1 aromatic carbocycles. The summed E-state index contributed by atoms with van der Waals surface area (Å²) in [6, 6.07) is 9.07. The highest BCUT2D eigenvalue weighted by molar-refractivity contribution is 6.30. The van der Waals surface area contributed by atoms with Gasteiger partial charge in [-0.3, -0.25) is 20.4 Å². The molecular formula is C13H10ClN3O3. The van der Waals surface area contributed by atoms with Crippen molar-refractivity contribution in [3.05, 3.63) is 70.1 Å². The van der Waals surface area contributed by atoms with Gasteiger partial charge in [-0.05, 0) is 30.3 Å². The average Bonchev–Trinajstić information content (AvgIpc) is 2.45. The zero-order chi connectivity index (χ0) is 14.5. The molecule has 2 amide bonds. The maximum absolute atomic E-state index is 11.7. The monoisotopic (exact) mass is 291 g/mol. The largest absolute Gasteiger partial charge is 0.619 e. The topological polar surface area (TPSA) is 85.1 Å². The molecule has 6 nitrogen and oxygen atoms in total. The van der Waals surface area contributed by atoms with E-state index in [4.69, 9.17) is 11.6 Å². The smallest absolute Gasteiger partial charge is 0.275 e. The minimum Gasteiger partial charge on any atom is -0.619 e. The molecule has 0 bridgehead atoms. The Kier molecular flexibility index (Phi) is 4.17. The van der Waals surface area contributed by atoms with Crippen LogP contribution in [0.2, 0.25) is 5.02 Å². The first kappa shape index (κ1) is 13.8. The summed E-state index contributed by atoms with van der Waals surface area (Å²) in [5, 5.41) is 11.5. The Morgan fingerprint density at radius 1 is 1.00 bits per heavy atom. The van der Waals surface area contributed by atoms with Gasteiger partial charge in [0.15, 0.2) is 12.4 Å². The number of benzene rings is 1. The molecule has 0 aliphatic carbocycles. The van der Waals surface area contributed by atoms with Crippen molar-refractivity contribution in [3.63, 3.8) is 0 Å². The molecule has 2 aromatic rings. The molecule has 0 atom stereocenters. The van der Waals surface area contributed by atoms with Gasteiger partial charge in [0.05, 0.1) is 0 Å². The van der Waals surface area contributed by atoms with Gasteiger partial charge in [-0.25, -0.2) is 0 Å². The number of hydrogen-bond acceptors (Lipinski definition) is 3. The molecule has 0 aliphatic rings. The third-order valence-corrected chi connectivity index (χ3v) is 2.69. The second-order valence-electron chi connectivity index (χ2n) is 3.87. The highest BCUT2D eigenvalue weighted by Gasteiger charge is 2.10. The Hall–Kier alpha value is -2.60. The van der Waals surface area contributed by atoms with Crippen LogP contribution in [0.1, 0.15) is 20.7 Å². The number of hydrazine groups is 1. The lowest BCUT2D eigenvalue weighted by Crippen LogP contribution is -2.42. The Morgan fingerprint density at radius 2 is 1.60 bits per heavy atom. The zero-order valence-electron chi connectivity index (χ0n) is 10.2. The Morgan fingerprint density at radius 3 is 2.20 bits per heavy atom. The second-order valence-corrected chi connectivity index (χ2v) is 4.30. The first-order valence-electron chi connectivity index (χ1n) is 5.61. The summed E-state index contributed by atoms with van der Waals surface area (Å²) in [6.45, 7) is 0. The maximum Gasteiger partial charge on any atom is 0.275 e. The van der Waals surface area contributed by atoms with E-state index in [9.17, 15) is 14.8 Å². The molecule has 2 rings (SSSR count). The molecule has 7 heteroatoms. The molecule has 0 radical (unpaired) electrons. The predicted molar refractivity (Wildman–Crippen MR) is 71.8 cm³/mol. The van der Waals surface area contributed by atoms with Crippen molar-refractivity contribution in [3.8, 4) is 0 Å². The quantitative estimate of drug-likeness (QED) is 0.493. The van der Waals surface area contributed by atoms with Crippen molar-refractivity contribution >= 4 is 23.4 Å². The Bertz CT molecular complexity index is 644. The van der Waals surface area contributed by atoms with Crippen LogP contribution in [0.3, 0.4) is 0 Å². The normalized spacial score (nSPS) is 9.85. The molecule has 0 fully saturated rings. The summed E-state index contributed by atoms with van der Waals surface area (Å²) in [4.78, 5) is 23.4. The van der Waals surface area contributed by atoms with Gasteiger partial charge in [-0.2, -0.15) is 4.73 Å². The van der Waals surface area contributed by atoms with Crippen molar-refractivity contribution in [1.29, 1.82) is 0 Å². The van der Waals surface area contributed by atoms with Crippen LogP contribution < -0.4 is 15.6 Å². The number of halogens is 1. The fourth-order valence-electron chi connectivity index (χ4n) is 1.45. The van der Waals surface area contributed by atoms with Crippen LogP contribution in [0, 0.1) is 5.21 Å². The first-order valence-corrected chi connectivity index (χ1v) is 5.99. The van der Waals surface area contributed by atoms with E-state index in [1.54, 1.807) is 12.1 Å². The summed E-state index contributed by atoms with van der Waals surface area (Å²) < 4.78 is 0.496. The van der Waals surface area contributed by atoms with Crippen LogP contribution in [0.4, 0.5) is 0 Å². The molecule has 102 valence electrons. The van der Waals surface area contributed by atoms with E-state index in [1.165, 1.54) is 30.5 Å². The second kappa shape index (κ2) is 6.03. The van der Waals surface area contributed by atoms with E-state index in [0.717, 1.165) is 6.20 Å². The number of amides is 2. The molecule has 1 aromatic heterocycles. The molecule has 0 spiro atoms. The molecule has 0 saturated carbocycles. The zero-order valence-corrected chi connectivity index (χ0v) is 10.9. The number of rotatable bonds is 2. The number of nitrogens with one attached hydrogen (secondary N) is 2. The van der Waals surface area contributed by atoms with Crippen LogP contribution in [0.25, 0.3) is 0 Å². The van der Waals surface area contributed by atoms with E-state index >= 15 is 0 Å². The Balaban J connectivity index is 1.96.